The van der Waals surface area contributed by atoms with E-state index >= 15 is 0 Å². The lowest BCUT2D eigenvalue weighted by molar-refractivity contribution is -0.127. The largest absolute Gasteiger partial charge is 0.472 e. The number of alkyl halides is 1. The third kappa shape index (κ3) is 2.27. The molecule has 0 saturated heterocycles. The maximum absolute atomic E-state index is 11.0. The third-order valence-electron chi connectivity index (χ3n) is 1.54. The van der Waals surface area contributed by atoms with E-state index in [-0.39, 0.29) is 11.8 Å². The molecule has 1 rings (SSSR count). The van der Waals surface area contributed by atoms with Crippen LogP contribution < -0.4 is 0 Å². The molecule has 0 fully saturated rings. The lowest BCUT2D eigenvalue weighted by atomic mass is 10.3. The van der Waals surface area contributed by atoms with Gasteiger partial charge in [0.25, 0.3) is 0 Å². The summed E-state index contributed by atoms with van der Waals surface area (Å²) in [5.41, 5.74) is 0.968. The molecule has 1 amide bonds. The molecule has 0 saturated carbocycles. The van der Waals surface area contributed by atoms with E-state index in [9.17, 15) is 4.79 Å². The van der Waals surface area contributed by atoms with E-state index in [0.29, 0.717) is 6.54 Å². The van der Waals surface area contributed by atoms with Crippen LogP contribution in [0.4, 0.5) is 0 Å². The number of carbonyl (C=O) groups is 1. The smallest absolute Gasteiger partial charge is 0.237 e. The topological polar surface area (TPSA) is 33.5 Å². The fraction of sp³-hybridized carbons (Fsp3) is 0.375. The standard InChI is InChI=1S/C8H10ClNO2/c1-10(8(11)4-9)5-7-2-3-12-6-7/h2-3,6H,4-5H2,1H3. The lowest BCUT2D eigenvalue weighted by Crippen LogP contribution is -2.26. The van der Waals surface area contributed by atoms with Gasteiger partial charge in [0.2, 0.25) is 5.91 Å². The van der Waals surface area contributed by atoms with Gasteiger partial charge >= 0.3 is 0 Å². The molecule has 0 unspecified atom stereocenters. The second-order valence-electron chi connectivity index (χ2n) is 2.52. The SMILES string of the molecule is CN(Cc1ccoc1)C(=O)CCl. The molecule has 0 spiro atoms. The zero-order valence-electron chi connectivity index (χ0n) is 6.79. The number of nitrogens with zero attached hydrogens (tertiary/aromatic N) is 1. The average Bonchev–Trinajstić information content (AvgIpc) is 2.55. The molecule has 66 valence electrons. The van der Waals surface area contributed by atoms with Crippen LogP contribution >= 0.6 is 11.6 Å². The Balaban J connectivity index is 2.47. The maximum atomic E-state index is 11.0. The Hall–Kier alpha value is -0.960. The molecule has 0 aliphatic carbocycles. The molecular weight excluding hydrogens is 178 g/mol. The predicted octanol–water partition coefficient (Wildman–Crippen LogP) is 1.48. The Kier molecular flexibility index (Phi) is 3.17. The van der Waals surface area contributed by atoms with E-state index in [1.807, 2.05) is 6.07 Å². The fourth-order valence-electron chi connectivity index (χ4n) is 0.847. The average molecular weight is 188 g/mol. The fourth-order valence-corrected chi connectivity index (χ4v) is 1.05. The van der Waals surface area contributed by atoms with Gasteiger partial charge in [-0.2, -0.15) is 0 Å². The minimum atomic E-state index is -0.0853. The first-order valence-electron chi connectivity index (χ1n) is 3.55. The van der Waals surface area contributed by atoms with Gasteiger partial charge in [-0.3, -0.25) is 4.79 Å². The third-order valence-corrected chi connectivity index (χ3v) is 1.77. The number of rotatable bonds is 3. The highest BCUT2D eigenvalue weighted by Crippen LogP contribution is 2.03. The Bertz CT molecular complexity index is 246. The second kappa shape index (κ2) is 4.16. The molecule has 1 aromatic heterocycles. The zero-order chi connectivity index (χ0) is 8.97. The van der Waals surface area contributed by atoms with E-state index in [4.69, 9.17) is 16.0 Å². The molecule has 0 atom stereocenters. The zero-order valence-corrected chi connectivity index (χ0v) is 7.54. The monoisotopic (exact) mass is 187 g/mol. The highest BCUT2D eigenvalue weighted by atomic mass is 35.5. The van der Waals surface area contributed by atoms with Crippen LogP contribution in [0.2, 0.25) is 0 Å². The van der Waals surface area contributed by atoms with Gasteiger partial charge in [-0.1, -0.05) is 0 Å². The summed E-state index contributed by atoms with van der Waals surface area (Å²) in [6.07, 6.45) is 3.19. The molecule has 0 aliphatic heterocycles. The molecule has 3 nitrogen and oxygen atoms in total. The number of halogens is 1. The van der Waals surface area contributed by atoms with Crippen molar-refractivity contribution in [2.24, 2.45) is 0 Å². The number of amides is 1. The summed E-state index contributed by atoms with van der Waals surface area (Å²) in [7, 11) is 1.71. The van der Waals surface area contributed by atoms with E-state index < -0.39 is 0 Å². The van der Waals surface area contributed by atoms with Crippen LogP contribution in [0.25, 0.3) is 0 Å². The molecule has 1 heterocycles. The highest BCUT2D eigenvalue weighted by Gasteiger charge is 2.07. The van der Waals surface area contributed by atoms with Gasteiger partial charge in [0, 0.05) is 19.2 Å². The Labute approximate surface area is 75.9 Å². The van der Waals surface area contributed by atoms with Crippen molar-refractivity contribution in [1.82, 2.24) is 4.90 Å². The Morgan fingerprint density at radius 2 is 2.50 bits per heavy atom. The van der Waals surface area contributed by atoms with Crippen molar-refractivity contribution >= 4 is 17.5 Å². The first-order chi connectivity index (χ1) is 5.74. The Morgan fingerprint density at radius 3 is 3.00 bits per heavy atom. The first kappa shape index (κ1) is 9.13. The highest BCUT2D eigenvalue weighted by molar-refractivity contribution is 6.27. The Morgan fingerprint density at radius 1 is 1.75 bits per heavy atom. The van der Waals surface area contributed by atoms with Crippen LogP contribution in [0.1, 0.15) is 5.56 Å². The maximum Gasteiger partial charge on any atom is 0.237 e. The molecule has 0 aromatic carbocycles. The summed E-state index contributed by atoms with van der Waals surface area (Å²) in [5, 5.41) is 0. The molecule has 0 radical (unpaired) electrons. The number of hydrogen-bond donors (Lipinski definition) is 0. The summed E-state index contributed by atoms with van der Waals surface area (Å²) in [6, 6.07) is 1.82. The molecule has 1 aromatic rings. The van der Waals surface area contributed by atoms with Crippen LogP contribution in [0.3, 0.4) is 0 Å². The van der Waals surface area contributed by atoms with Crippen molar-refractivity contribution in [1.29, 1.82) is 0 Å². The number of hydrogen-bond acceptors (Lipinski definition) is 2. The molecule has 0 aliphatic rings. The first-order valence-corrected chi connectivity index (χ1v) is 4.08. The summed E-state index contributed by atoms with van der Waals surface area (Å²) in [4.78, 5) is 12.6. The van der Waals surface area contributed by atoms with Gasteiger partial charge in [-0.25, -0.2) is 0 Å². The normalized spacial score (nSPS) is 9.83. The van der Waals surface area contributed by atoms with Crippen LogP contribution in [0.5, 0.6) is 0 Å². The minimum absolute atomic E-state index is 0.0222. The second-order valence-corrected chi connectivity index (χ2v) is 2.78. The van der Waals surface area contributed by atoms with Crippen molar-refractivity contribution in [3.63, 3.8) is 0 Å². The summed E-state index contributed by atoms with van der Waals surface area (Å²) in [5.74, 6) is -0.0631. The quantitative estimate of drug-likeness (QED) is 0.672. The minimum Gasteiger partial charge on any atom is -0.472 e. The van der Waals surface area contributed by atoms with Gasteiger partial charge < -0.3 is 9.32 Å². The predicted molar refractivity (Wildman–Crippen MR) is 45.9 cm³/mol. The van der Waals surface area contributed by atoms with Crippen LogP contribution in [-0.2, 0) is 11.3 Å². The van der Waals surface area contributed by atoms with Crippen molar-refractivity contribution in [2.45, 2.75) is 6.54 Å². The number of carbonyl (C=O) groups excluding carboxylic acids is 1. The van der Waals surface area contributed by atoms with Gasteiger partial charge in [0.1, 0.15) is 5.88 Å². The van der Waals surface area contributed by atoms with Crippen LogP contribution in [-0.4, -0.2) is 23.7 Å². The van der Waals surface area contributed by atoms with E-state index in [1.165, 1.54) is 0 Å². The number of furan rings is 1. The van der Waals surface area contributed by atoms with E-state index in [0.717, 1.165) is 5.56 Å². The van der Waals surface area contributed by atoms with Crippen LogP contribution in [0.15, 0.2) is 23.0 Å². The van der Waals surface area contributed by atoms with Crippen molar-refractivity contribution in [3.8, 4) is 0 Å². The van der Waals surface area contributed by atoms with E-state index in [2.05, 4.69) is 0 Å². The van der Waals surface area contributed by atoms with Gasteiger partial charge in [-0.05, 0) is 6.07 Å². The van der Waals surface area contributed by atoms with Crippen LogP contribution in [0, 0.1) is 0 Å². The summed E-state index contributed by atoms with van der Waals surface area (Å²) < 4.78 is 4.86. The van der Waals surface area contributed by atoms with Gasteiger partial charge in [-0.15, -0.1) is 11.6 Å². The van der Waals surface area contributed by atoms with Crippen molar-refractivity contribution in [2.75, 3.05) is 12.9 Å². The lowest BCUT2D eigenvalue weighted by Gasteiger charge is -2.13. The molecular formula is C8H10ClNO2. The van der Waals surface area contributed by atoms with Crippen molar-refractivity contribution in [3.05, 3.63) is 24.2 Å². The molecule has 0 bridgehead atoms. The van der Waals surface area contributed by atoms with Crippen molar-refractivity contribution < 1.29 is 9.21 Å². The van der Waals surface area contributed by atoms with E-state index in [1.54, 1.807) is 24.5 Å². The van der Waals surface area contributed by atoms with Gasteiger partial charge in [0.05, 0.1) is 12.5 Å². The molecule has 4 heteroatoms. The summed E-state index contributed by atoms with van der Waals surface area (Å²) >= 11 is 5.37. The molecule has 0 N–H and O–H groups in total. The van der Waals surface area contributed by atoms with Gasteiger partial charge in [0.15, 0.2) is 0 Å². The molecule has 12 heavy (non-hydrogen) atoms. The summed E-state index contributed by atoms with van der Waals surface area (Å²) in [6.45, 7) is 0.544.